The van der Waals surface area contributed by atoms with Crippen LogP contribution >= 0.6 is 0 Å². The zero-order valence-corrected chi connectivity index (χ0v) is 20.9. The second-order valence-corrected chi connectivity index (χ2v) is 8.69. The van der Waals surface area contributed by atoms with Crippen molar-refractivity contribution in [3.63, 3.8) is 0 Å². The molecule has 0 aliphatic carbocycles. The van der Waals surface area contributed by atoms with Crippen LogP contribution in [0.5, 0.6) is 11.5 Å². The molecule has 1 amide bonds. The Morgan fingerprint density at radius 3 is 2.47 bits per heavy atom. The van der Waals surface area contributed by atoms with Crippen LogP contribution in [0.15, 0.2) is 36.4 Å². The number of amides is 1. The molecule has 0 fully saturated rings. The number of carbonyl (C=O) groups is 4. The molecule has 2 N–H and O–H groups in total. The maximum absolute atomic E-state index is 12.0. The lowest BCUT2D eigenvalue weighted by atomic mass is 9.98. The fourth-order valence-electron chi connectivity index (χ4n) is 4.07. The number of anilines is 1. The van der Waals surface area contributed by atoms with Gasteiger partial charge in [0, 0.05) is 31.2 Å². The number of Topliss-reactive ketones (excluding diaryl/α,β-unsaturated/α-hetero) is 1. The van der Waals surface area contributed by atoms with Gasteiger partial charge in [-0.05, 0) is 49.6 Å². The highest BCUT2D eigenvalue weighted by molar-refractivity contribution is 6.00. The lowest BCUT2D eigenvalue weighted by Gasteiger charge is -2.25. The number of carboxylic acids is 1. The first-order valence-corrected chi connectivity index (χ1v) is 12.0. The summed E-state index contributed by atoms with van der Waals surface area (Å²) in [7, 11) is 0. The van der Waals surface area contributed by atoms with Gasteiger partial charge in [-0.2, -0.15) is 0 Å². The SMILES string of the molecule is CC(=O)Nc1ccc2c(c1)CC[C@@H](CC(=O)O)O2.CCOC(=O)C[C@@H]1CC(=O)c2cc([N+](=O)[O-])ccc2O1. The molecule has 2 aromatic rings. The fraction of sp³-hybridized carbons (Fsp3) is 0.385. The number of carboxylic acid groups (broad SMARTS) is 1. The van der Waals surface area contributed by atoms with Gasteiger partial charge in [0.1, 0.15) is 23.7 Å². The molecule has 2 aromatic carbocycles. The highest BCUT2D eigenvalue weighted by Crippen LogP contribution is 2.32. The third kappa shape index (κ3) is 7.76. The van der Waals surface area contributed by atoms with Gasteiger partial charge in [0.05, 0.1) is 29.9 Å². The topological polar surface area (TPSA) is 171 Å². The molecule has 4 rings (SSSR count). The van der Waals surface area contributed by atoms with Gasteiger partial charge in [-0.15, -0.1) is 0 Å². The Labute approximate surface area is 218 Å². The number of nitro benzene ring substituents is 1. The molecule has 0 unspecified atom stereocenters. The van der Waals surface area contributed by atoms with Crippen molar-refractivity contribution in [2.75, 3.05) is 11.9 Å². The maximum atomic E-state index is 12.0. The van der Waals surface area contributed by atoms with Crippen LogP contribution in [0.3, 0.4) is 0 Å². The van der Waals surface area contributed by atoms with Crippen molar-refractivity contribution >= 4 is 35.0 Å². The number of aryl methyl sites for hydroxylation is 1. The Morgan fingerprint density at radius 2 is 1.82 bits per heavy atom. The van der Waals surface area contributed by atoms with E-state index >= 15 is 0 Å². The largest absolute Gasteiger partial charge is 0.490 e. The first kappa shape index (κ1) is 28.1. The van der Waals surface area contributed by atoms with Gasteiger partial charge >= 0.3 is 11.9 Å². The summed E-state index contributed by atoms with van der Waals surface area (Å²) in [4.78, 5) is 55.0. The Kier molecular flexibility index (Phi) is 9.36. The minimum Gasteiger partial charge on any atom is -0.490 e. The number of nitrogens with zero attached hydrogens (tertiary/aromatic N) is 1. The van der Waals surface area contributed by atoms with Crippen LogP contribution in [-0.2, 0) is 25.5 Å². The summed E-state index contributed by atoms with van der Waals surface area (Å²) >= 11 is 0. The number of benzene rings is 2. The summed E-state index contributed by atoms with van der Waals surface area (Å²) in [5.41, 5.74) is 1.76. The van der Waals surface area contributed by atoms with E-state index in [4.69, 9.17) is 19.3 Å². The molecule has 0 aromatic heterocycles. The molecule has 202 valence electrons. The van der Waals surface area contributed by atoms with Crippen molar-refractivity contribution in [3.05, 3.63) is 57.6 Å². The van der Waals surface area contributed by atoms with E-state index in [0.29, 0.717) is 12.2 Å². The third-order valence-corrected chi connectivity index (χ3v) is 5.69. The lowest BCUT2D eigenvalue weighted by molar-refractivity contribution is -0.384. The number of hydrogen-bond donors (Lipinski definition) is 2. The fourth-order valence-corrected chi connectivity index (χ4v) is 4.07. The predicted octanol–water partition coefficient (Wildman–Crippen LogP) is 3.70. The molecule has 0 spiro atoms. The summed E-state index contributed by atoms with van der Waals surface area (Å²) in [5.74, 6) is -0.698. The maximum Gasteiger partial charge on any atom is 0.309 e. The number of nitro groups is 1. The molecule has 12 heteroatoms. The molecule has 12 nitrogen and oxygen atoms in total. The lowest BCUT2D eigenvalue weighted by Crippen LogP contribution is -2.29. The molecule has 38 heavy (non-hydrogen) atoms. The van der Waals surface area contributed by atoms with Crippen LogP contribution in [0.25, 0.3) is 0 Å². The quantitative estimate of drug-likeness (QED) is 0.307. The minimum absolute atomic E-state index is 0.00693. The van der Waals surface area contributed by atoms with Crippen LogP contribution in [0, 0.1) is 10.1 Å². The van der Waals surface area contributed by atoms with Crippen molar-refractivity contribution in [2.24, 2.45) is 0 Å². The molecular formula is C26H28N2O10. The first-order chi connectivity index (χ1) is 18.0. The van der Waals surface area contributed by atoms with E-state index in [1.165, 1.54) is 25.1 Å². The van der Waals surface area contributed by atoms with Crippen molar-refractivity contribution in [3.8, 4) is 11.5 Å². The number of esters is 1. The predicted molar refractivity (Wildman–Crippen MR) is 133 cm³/mol. The number of ketones is 1. The number of nitrogens with one attached hydrogen (secondary N) is 1. The highest BCUT2D eigenvalue weighted by atomic mass is 16.6. The zero-order chi connectivity index (χ0) is 27.8. The van der Waals surface area contributed by atoms with Crippen molar-refractivity contribution < 1.29 is 43.4 Å². The van der Waals surface area contributed by atoms with E-state index in [2.05, 4.69) is 5.32 Å². The average Bonchev–Trinajstić information content (AvgIpc) is 2.83. The Morgan fingerprint density at radius 1 is 1.11 bits per heavy atom. The van der Waals surface area contributed by atoms with Gasteiger partial charge in [-0.1, -0.05) is 0 Å². The molecule has 0 saturated carbocycles. The molecular weight excluding hydrogens is 500 g/mol. The number of rotatable bonds is 7. The highest BCUT2D eigenvalue weighted by Gasteiger charge is 2.30. The molecule has 2 aliphatic rings. The molecule has 2 atom stereocenters. The third-order valence-electron chi connectivity index (χ3n) is 5.69. The van der Waals surface area contributed by atoms with E-state index in [0.717, 1.165) is 17.7 Å². The Hall–Kier alpha value is -4.48. The number of non-ortho nitro benzene ring substituents is 1. The summed E-state index contributed by atoms with van der Waals surface area (Å²) in [6.45, 7) is 3.42. The zero-order valence-electron chi connectivity index (χ0n) is 20.9. The number of ether oxygens (including phenoxy) is 3. The van der Waals surface area contributed by atoms with E-state index in [-0.39, 0.29) is 60.7 Å². The smallest absolute Gasteiger partial charge is 0.309 e. The van der Waals surface area contributed by atoms with Crippen LogP contribution in [0.4, 0.5) is 11.4 Å². The second-order valence-electron chi connectivity index (χ2n) is 8.69. The van der Waals surface area contributed by atoms with E-state index in [1.54, 1.807) is 19.1 Å². The van der Waals surface area contributed by atoms with E-state index < -0.39 is 23.0 Å². The van der Waals surface area contributed by atoms with Crippen LogP contribution in [-0.4, -0.2) is 52.5 Å². The molecule has 0 radical (unpaired) electrons. The monoisotopic (exact) mass is 528 g/mol. The van der Waals surface area contributed by atoms with Gasteiger partial charge in [-0.25, -0.2) is 0 Å². The van der Waals surface area contributed by atoms with E-state index in [1.807, 2.05) is 6.07 Å². The number of hydrogen-bond acceptors (Lipinski definition) is 9. The Balaban J connectivity index is 0.000000212. The van der Waals surface area contributed by atoms with Crippen LogP contribution in [0.2, 0.25) is 0 Å². The van der Waals surface area contributed by atoms with Crippen LogP contribution in [0.1, 0.15) is 55.5 Å². The van der Waals surface area contributed by atoms with Gasteiger partial charge in [0.15, 0.2) is 5.78 Å². The first-order valence-electron chi connectivity index (χ1n) is 12.0. The molecule has 2 aliphatic heterocycles. The van der Waals surface area contributed by atoms with Gasteiger partial charge in [0.2, 0.25) is 5.91 Å². The van der Waals surface area contributed by atoms with E-state index in [9.17, 15) is 29.3 Å². The van der Waals surface area contributed by atoms with Crippen molar-refractivity contribution in [1.82, 2.24) is 0 Å². The summed E-state index contributed by atoms with van der Waals surface area (Å²) in [6, 6.07) is 9.23. The normalized spacial score (nSPS) is 17.3. The molecule has 0 bridgehead atoms. The number of aliphatic carboxylic acids is 1. The Bertz CT molecular complexity index is 1240. The van der Waals surface area contributed by atoms with Gasteiger partial charge in [-0.3, -0.25) is 29.3 Å². The van der Waals surface area contributed by atoms with Crippen molar-refractivity contribution in [1.29, 1.82) is 0 Å². The number of fused-ring (bicyclic) bond motifs is 2. The molecule has 0 saturated heterocycles. The number of carbonyl (C=O) groups excluding carboxylic acids is 3. The van der Waals surface area contributed by atoms with Crippen LogP contribution < -0.4 is 14.8 Å². The minimum atomic E-state index is -0.849. The van der Waals surface area contributed by atoms with Gasteiger partial charge in [0.25, 0.3) is 5.69 Å². The standard InChI is InChI=1S/C13H13NO6.C13H15NO4/c1-2-19-13(16)7-9-6-11(15)10-5-8(14(17)18)3-4-12(10)20-9;1-8(15)14-10-3-5-12-9(6-10)2-4-11(18-12)7-13(16)17/h3-5,9H,2,6-7H2,1H3;3,5-6,11H,2,4,7H2,1H3,(H,14,15)(H,16,17)/t9-;11-/m00/s1. The summed E-state index contributed by atoms with van der Waals surface area (Å²) in [6.07, 6.45) is 0.608. The average molecular weight is 529 g/mol. The summed E-state index contributed by atoms with van der Waals surface area (Å²) < 4.78 is 15.9. The second kappa shape index (κ2) is 12.7. The van der Waals surface area contributed by atoms with Gasteiger partial charge < -0.3 is 24.6 Å². The van der Waals surface area contributed by atoms with Crippen molar-refractivity contribution in [2.45, 2.75) is 58.2 Å². The summed E-state index contributed by atoms with van der Waals surface area (Å²) in [5, 5.41) is 22.1. The molecule has 2 heterocycles.